The molecule has 3 rings (SSSR count). The molecule has 0 heterocycles. The van der Waals surface area contributed by atoms with Gasteiger partial charge in [0.2, 0.25) is 0 Å². The summed E-state index contributed by atoms with van der Waals surface area (Å²) in [5, 5.41) is 10.5. The summed E-state index contributed by atoms with van der Waals surface area (Å²) in [5.74, 6) is 0.207. The third kappa shape index (κ3) is 2.35. The highest BCUT2D eigenvalue weighted by molar-refractivity contribution is 6.30. The van der Waals surface area contributed by atoms with Crippen LogP contribution in [-0.4, -0.2) is 10.9 Å². The monoisotopic (exact) mass is 284 g/mol. The summed E-state index contributed by atoms with van der Waals surface area (Å²) in [6.45, 7) is 0. The van der Waals surface area contributed by atoms with Crippen LogP contribution in [0, 0.1) is 0 Å². The molecule has 2 aromatic rings. The lowest BCUT2D eigenvalue weighted by atomic mass is 9.85. The van der Waals surface area contributed by atoms with E-state index in [2.05, 4.69) is 0 Å². The van der Waals surface area contributed by atoms with Gasteiger partial charge in [0.1, 0.15) is 5.75 Å². The van der Waals surface area contributed by atoms with Gasteiger partial charge in [-0.05, 0) is 42.7 Å². The van der Waals surface area contributed by atoms with Gasteiger partial charge in [-0.2, -0.15) is 0 Å². The van der Waals surface area contributed by atoms with E-state index in [9.17, 15) is 9.90 Å². The van der Waals surface area contributed by atoms with E-state index in [0.717, 1.165) is 16.7 Å². The van der Waals surface area contributed by atoms with Crippen LogP contribution in [0.4, 0.5) is 0 Å². The average Bonchev–Trinajstić information content (AvgIpc) is 2.45. The van der Waals surface area contributed by atoms with Crippen molar-refractivity contribution in [3.63, 3.8) is 0 Å². The van der Waals surface area contributed by atoms with Crippen molar-refractivity contribution in [3.05, 3.63) is 69.8 Å². The molecule has 2 nitrogen and oxygen atoms in total. The van der Waals surface area contributed by atoms with Crippen molar-refractivity contribution in [2.24, 2.45) is 0 Å². The quantitative estimate of drug-likeness (QED) is 0.795. The molecule has 1 aliphatic carbocycles. The van der Waals surface area contributed by atoms with E-state index in [1.807, 2.05) is 18.2 Å². The molecular weight excluding hydrogens is 272 g/mol. The topological polar surface area (TPSA) is 37.3 Å². The molecule has 1 N–H and O–H groups in total. The number of halogens is 1. The molecule has 0 aromatic heterocycles. The van der Waals surface area contributed by atoms with E-state index in [1.165, 1.54) is 0 Å². The third-order valence-electron chi connectivity index (χ3n) is 3.54. The first kappa shape index (κ1) is 12.9. The number of phenols is 1. The first-order valence-electron chi connectivity index (χ1n) is 6.47. The summed E-state index contributed by atoms with van der Waals surface area (Å²) in [6, 6.07) is 12.5. The number of aromatic hydroxyl groups is 1. The molecule has 20 heavy (non-hydrogen) atoms. The first-order valence-corrected chi connectivity index (χ1v) is 6.84. The van der Waals surface area contributed by atoms with Crippen molar-refractivity contribution < 1.29 is 9.90 Å². The molecule has 0 amide bonds. The molecule has 0 aliphatic heterocycles. The normalized spacial score (nSPS) is 16.2. The largest absolute Gasteiger partial charge is 0.508 e. The van der Waals surface area contributed by atoms with Gasteiger partial charge < -0.3 is 5.11 Å². The Hall–Kier alpha value is -2.06. The van der Waals surface area contributed by atoms with Gasteiger partial charge >= 0.3 is 0 Å². The predicted octanol–water partition coefficient (Wildman–Crippen LogP) is 4.26. The van der Waals surface area contributed by atoms with Gasteiger partial charge in [-0.1, -0.05) is 35.9 Å². The second-order valence-corrected chi connectivity index (χ2v) is 5.29. The minimum absolute atomic E-state index is 0.00269. The molecule has 0 saturated heterocycles. The SMILES string of the molecule is O=C1/C(=C/c2ccc(Cl)cc2)CCc2c(O)cccc21. The first-order chi connectivity index (χ1) is 9.65. The van der Waals surface area contributed by atoms with Gasteiger partial charge in [0.05, 0.1) is 0 Å². The van der Waals surface area contributed by atoms with Gasteiger partial charge in [-0.3, -0.25) is 4.79 Å². The van der Waals surface area contributed by atoms with E-state index >= 15 is 0 Å². The van der Waals surface area contributed by atoms with Crippen molar-refractivity contribution in [1.29, 1.82) is 0 Å². The number of carbonyl (C=O) groups excluding carboxylic acids is 1. The standard InChI is InChI=1S/C17H13ClO2/c18-13-7-4-11(5-8-13)10-12-6-9-14-15(17(12)20)2-1-3-16(14)19/h1-5,7-8,10,19H,6,9H2/b12-10+. The number of carbonyl (C=O) groups is 1. The Balaban J connectivity index is 1.98. The summed E-state index contributed by atoms with van der Waals surface area (Å²) in [6.07, 6.45) is 3.23. The maximum absolute atomic E-state index is 12.4. The van der Waals surface area contributed by atoms with E-state index in [0.29, 0.717) is 23.4 Å². The fraction of sp³-hybridized carbons (Fsp3) is 0.118. The fourth-order valence-electron chi connectivity index (χ4n) is 2.49. The van der Waals surface area contributed by atoms with Gasteiger partial charge in [0.15, 0.2) is 5.78 Å². The highest BCUT2D eigenvalue weighted by Gasteiger charge is 2.23. The van der Waals surface area contributed by atoms with Crippen molar-refractivity contribution in [1.82, 2.24) is 0 Å². The zero-order chi connectivity index (χ0) is 14.1. The van der Waals surface area contributed by atoms with E-state index in [-0.39, 0.29) is 11.5 Å². The minimum Gasteiger partial charge on any atom is -0.508 e. The van der Waals surface area contributed by atoms with E-state index in [1.54, 1.807) is 30.3 Å². The van der Waals surface area contributed by atoms with Gasteiger partial charge in [0.25, 0.3) is 0 Å². The van der Waals surface area contributed by atoms with Crippen LogP contribution < -0.4 is 0 Å². The summed E-state index contributed by atoms with van der Waals surface area (Å²) in [5.41, 5.74) is 3.09. The molecule has 0 unspecified atom stereocenters. The van der Waals surface area contributed by atoms with Crippen LogP contribution in [0.25, 0.3) is 6.08 Å². The van der Waals surface area contributed by atoms with Gasteiger partial charge in [-0.25, -0.2) is 0 Å². The molecular formula is C17H13ClO2. The Morgan fingerprint density at radius 1 is 1.05 bits per heavy atom. The van der Waals surface area contributed by atoms with Crippen molar-refractivity contribution in [3.8, 4) is 5.75 Å². The number of fused-ring (bicyclic) bond motifs is 1. The highest BCUT2D eigenvalue weighted by atomic mass is 35.5. The molecule has 0 bridgehead atoms. The van der Waals surface area contributed by atoms with Crippen LogP contribution in [-0.2, 0) is 6.42 Å². The van der Waals surface area contributed by atoms with Crippen molar-refractivity contribution in [2.75, 3.05) is 0 Å². The van der Waals surface area contributed by atoms with Crippen molar-refractivity contribution >= 4 is 23.5 Å². The Morgan fingerprint density at radius 3 is 2.55 bits per heavy atom. The van der Waals surface area contributed by atoms with Crippen LogP contribution in [0.3, 0.4) is 0 Å². The second kappa shape index (κ2) is 5.14. The fourth-order valence-corrected chi connectivity index (χ4v) is 2.62. The highest BCUT2D eigenvalue weighted by Crippen LogP contribution is 2.32. The van der Waals surface area contributed by atoms with Crippen LogP contribution in [0.1, 0.15) is 27.9 Å². The smallest absolute Gasteiger partial charge is 0.189 e. The number of Topliss-reactive ketones (excluding diaryl/α,β-unsaturated/α-hetero) is 1. The maximum Gasteiger partial charge on any atom is 0.189 e. The number of allylic oxidation sites excluding steroid dienone is 1. The second-order valence-electron chi connectivity index (χ2n) is 4.85. The molecule has 1 aliphatic rings. The zero-order valence-corrected chi connectivity index (χ0v) is 11.5. The van der Waals surface area contributed by atoms with Crippen LogP contribution in [0.2, 0.25) is 5.02 Å². The zero-order valence-electron chi connectivity index (χ0n) is 10.8. The third-order valence-corrected chi connectivity index (χ3v) is 3.79. The molecule has 0 saturated carbocycles. The Labute approximate surface area is 122 Å². The van der Waals surface area contributed by atoms with Crippen LogP contribution in [0.15, 0.2) is 48.0 Å². The molecule has 3 heteroatoms. The molecule has 0 radical (unpaired) electrons. The molecule has 0 spiro atoms. The number of benzene rings is 2. The number of rotatable bonds is 1. The molecule has 0 atom stereocenters. The van der Waals surface area contributed by atoms with E-state index in [4.69, 9.17) is 11.6 Å². The van der Waals surface area contributed by atoms with Crippen LogP contribution in [0.5, 0.6) is 5.75 Å². The summed E-state index contributed by atoms with van der Waals surface area (Å²) in [4.78, 5) is 12.4. The van der Waals surface area contributed by atoms with Gasteiger partial charge in [-0.15, -0.1) is 0 Å². The maximum atomic E-state index is 12.4. The van der Waals surface area contributed by atoms with Crippen molar-refractivity contribution in [2.45, 2.75) is 12.8 Å². The number of hydrogen-bond acceptors (Lipinski definition) is 2. The molecule has 100 valence electrons. The number of phenolic OH excluding ortho intramolecular Hbond substituents is 1. The Bertz CT molecular complexity index is 699. The number of hydrogen-bond donors (Lipinski definition) is 1. The Morgan fingerprint density at radius 2 is 1.80 bits per heavy atom. The Kier molecular flexibility index (Phi) is 3.33. The van der Waals surface area contributed by atoms with E-state index < -0.39 is 0 Å². The van der Waals surface area contributed by atoms with Gasteiger partial charge in [0, 0.05) is 21.7 Å². The summed E-state index contributed by atoms with van der Waals surface area (Å²) < 4.78 is 0. The van der Waals surface area contributed by atoms with Crippen LogP contribution >= 0.6 is 11.6 Å². The lowest BCUT2D eigenvalue weighted by molar-refractivity contribution is 0.102. The summed E-state index contributed by atoms with van der Waals surface area (Å²) in [7, 11) is 0. The summed E-state index contributed by atoms with van der Waals surface area (Å²) >= 11 is 5.85. The predicted molar refractivity (Wildman–Crippen MR) is 80.2 cm³/mol. The molecule has 2 aromatic carbocycles. The number of ketones is 1. The molecule has 0 fully saturated rings. The average molecular weight is 285 g/mol. The minimum atomic E-state index is -0.00269. The lowest BCUT2D eigenvalue weighted by Crippen LogP contribution is -2.14. The lowest BCUT2D eigenvalue weighted by Gasteiger charge is -2.18.